The maximum atomic E-state index is 11.4. The van der Waals surface area contributed by atoms with Crippen molar-refractivity contribution in [3.05, 3.63) is 0 Å². The Bertz CT molecular complexity index is 325. The van der Waals surface area contributed by atoms with Crippen molar-refractivity contribution in [2.45, 2.75) is 63.4 Å². The SMILES string of the molecule is CCCCCCC(=O)OC(=O)[C@H](O)[C@@H](O)[C@H](O)[C@H](O)CO.[Cu]. The number of hydrogen-bond acceptors (Lipinski definition) is 8. The van der Waals surface area contributed by atoms with Crippen molar-refractivity contribution in [2.75, 3.05) is 6.61 Å². The zero-order valence-corrected chi connectivity index (χ0v) is 13.3. The van der Waals surface area contributed by atoms with Gasteiger partial charge in [-0.2, -0.15) is 0 Å². The van der Waals surface area contributed by atoms with Crippen LogP contribution in [0.3, 0.4) is 0 Å². The molecule has 9 heteroatoms. The summed E-state index contributed by atoms with van der Waals surface area (Å²) in [5.41, 5.74) is 0. The van der Waals surface area contributed by atoms with Gasteiger partial charge >= 0.3 is 11.9 Å². The van der Waals surface area contributed by atoms with E-state index in [1.807, 2.05) is 6.92 Å². The van der Waals surface area contributed by atoms with Crippen molar-refractivity contribution in [2.24, 2.45) is 0 Å². The quantitative estimate of drug-likeness (QED) is 0.134. The van der Waals surface area contributed by atoms with Crippen molar-refractivity contribution in [3.63, 3.8) is 0 Å². The van der Waals surface area contributed by atoms with Crippen molar-refractivity contribution in [1.29, 1.82) is 0 Å². The summed E-state index contributed by atoms with van der Waals surface area (Å²) in [7, 11) is 0. The fourth-order valence-corrected chi connectivity index (χ4v) is 1.58. The van der Waals surface area contributed by atoms with Crippen molar-refractivity contribution in [3.8, 4) is 0 Å². The number of aliphatic hydroxyl groups is 5. The van der Waals surface area contributed by atoms with Gasteiger partial charge in [0.15, 0.2) is 6.10 Å². The van der Waals surface area contributed by atoms with E-state index in [2.05, 4.69) is 4.74 Å². The first-order chi connectivity index (χ1) is 9.84. The van der Waals surface area contributed by atoms with E-state index in [4.69, 9.17) is 10.2 Å². The maximum absolute atomic E-state index is 11.4. The molecule has 0 unspecified atom stereocenters. The molecule has 0 saturated carbocycles. The molecule has 1 radical (unpaired) electrons. The molecule has 0 spiro atoms. The van der Waals surface area contributed by atoms with E-state index in [9.17, 15) is 24.9 Å². The zero-order valence-electron chi connectivity index (χ0n) is 12.3. The van der Waals surface area contributed by atoms with Gasteiger partial charge in [0.2, 0.25) is 0 Å². The molecule has 0 rings (SSSR count). The number of esters is 2. The van der Waals surface area contributed by atoms with Crippen molar-refractivity contribution < 1.29 is 56.9 Å². The normalized spacial score (nSPS) is 16.1. The van der Waals surface area contributed by atoms with Gasteiger partial charge < -0.3 is 30.3 Å². The molecule has 0 bridgehead atoms. The summed E-state index contributed by atoms with van der Waals surface area (Å²) < 4.78 is 4.33. The molecule has 8 nitrogen and oxygen atoms in total. The second kappa shape index (κ2) is 12.9. The molecule has 4 atom stereocenters. The van der Waals surface area contributed by atoms with E-state index >= 15 is 0 Å². The summed E-state index contributed by atoms with van der Waals surface area (Å²) in [6.45, 7) is 1.14. The molecule has 0 aromatic heterocycles. The first-order valence-corrected chi connectivity index (χ1v) is 6.92. The average molecular weight is 372 g/mol. The third-order valence-corrected chi connectivity index (χ3v) is 2.95. The molecule has 5 N–H and O–H groups in total. The molecule has 0 aromatic carbocycles. The number of ether oxygens (including phenoxy) is 1. The van der Waals surface area contributed by atoms with Gasteiger partial charge in [0, 0.05) is 23.5 Å². The number of carbonyl (C=O) groups is 2. The molecule has 22 heavy (non-hydrogen) atoms. The monoisotopic (exact) mass is 371 g/mol. The largest absolute Gasteiger partial charge is 0.394 e. The van der Waals surface area contributed by atoms with Gasteiger partial charge in [0.1, 0.15) is 18.3 Å². The molecule has 0 amide bonds. The smallest absolute Gasteiger partial charge is 0.345 e. The molecule has 0 aliphatic carbocycles. The first kappa shape index (κ1) is 23.7. The van der Waals surface area contributed by atoms with E-state index in [1.54, 1.807) is 0 Å². The molecule has 135 valence electrons. The van der Waals surface area contributed by atoms with Crippen LogP contribution in [-0.4, -0.2) is 68.5 Å². The third kappa shape index (κ3) is 8.79. The minimum Gasteiger partial charge on any atom is -0.394 e. The van der Waals surface area contributed by atoms with Crippen molar-refractivity contribution >= 4 is 11.9 Å². The Kier molecular flexibility index (Phi) is 14.0. The number of hydrogen-bond donors (Lipinski definition) is 5. The van der Waals surface area contributed by atoms with Crippen LogP contribution in [0.15, 0.2) is 0 Å². The van der Waals surface area contributed by atoms with Gasteiger partial charge in [-0.15, -0.1) is 0 Å². The van der Waals surface area contributed by atoms with Gasteiger partial charge in [0.25, 0.3) is 0 Å². The van der Waals surface area contributed by atoms with Crippen molar-refractivity contribution in [1.82, 2.24) is 0 Å². The second-order valence-electron chi connectivity index (χ2n) is 4.78. The van der Waals surface area contributed by atoms with Crippen LogP contribution >= 0.6 is 0 Å². The fourth-order valence-electron chi connectivity index (χ4n) is 1.58. The third-order valence-electron chi connectivity index (χ3n) is 2.95. The van der Waals surface area contributed by atoms with Gasteiger partial charge in [-0.05, 0) is 6.42 Å². The number of unbranched alkanes of at least 4 members (excludes halogenated alkanes) is 3. The van der Waals surface area contributed by atoms with Crippen LogP contribution in [0.5, 0.6) is 0 Å². The standard InChI is InChI=1S/C13H24O8.Cu/c1-2-3-4-5-6-9(16)21-13(20)12(19)11(18)10(17)8(15)7-14;/h8,10-12,14-15,17-19H,2-7H2,1H3;/t8-,10-,11+,12-;/m1./s1. The summed E-state index contributed by atoms with van der Waals surface area (Å²) in [4.78, 5) is 22.7. The summed E-state index contributed by atoms with van der Waals surface area (Å²) in [6.07, 6.45) is -4.64. The zero-order chi connectivity index (χ0) is 16.4. The van der Waals surface area contributed by atoms with Gasteiger partial charge in [0.05, 0.1) is 6.61 Å². The molecular weight excluding hydrogens is 348 g/mol. The van der Waals surface area contributed by atoms with Gasteiger partial charge in [-0.3, -0.25) is 4.79 Å². The first-order valence-electron chi connectivity index (χ1n) is 6.92. The van der Waals surface area contributed by atoms with Crippen LogP contribution in [0.1, 0.15) is 39.0 Å². The average Bonchev–Trinajstić information content (AvgIpc) is 2.48. The molecule has 0 aromatic rings. The van der Waals surface area contributed by atoms with Crippen LogP contribution in [0.25, 0.3) is 0 Å². The van der Waals surface area contributed by atoms with Crippen LogP contribution in [0.4, 0.5) is 0 Å². The second-order valence-corrected chi connectivity index (χ2v) is 4.78. The Morgan fingerprint density at radius 2 is 1.59 bits per heavy atom. The Hall–Kier alpha value is -0.541. The van der Waals surface area contributed by atoms with Crippen LogP contribution < -0.4 is 0 Å². The maximum Gasteiger partial charge on any atom is 0.345 e. The number of rotatable bonds is 10. The minimum atomic E-state index is -2.19. The summed E-state index contributed by atoms with van der Waals surface area (Å²) in [5, 5.41) is 45.9. The Labute approximate surface area is 139 Å². The summed E-state index contributed by atoms with van der Waals surface area (Å²) in [6, 6.07) is 0. The summed E-state index contributed by atoms with van der Waals surface area (Å²) >= 11 is 0. The Morgan fingerprint density at radius 3 is 2.09 bits per heavy atom. The van der Waals surface area contributed by atoms with Crippen LogP contribution in [-0.2, 0) is 31.4 Å². The predicted octanol–water partition coefficient (Wildman–Crippen LogP) is -1.54. The minimum absolute atomic E-state index is 0. The summed E-state index contributed by atoms with van der Waals surface area (Å²) in [5.74, 6) is -2.24. The molecule has 0 saturated heterocycles. The fraction of sp³-hybridized carbons (Fsp3) is 0.846. The van der Waals surface area contributed by atoms with Crippen LogP contribution in [0, 0.1) is 0 Å². The van der Waals surface area contributed by atoms with E-state index in [0.29, 0.717) is 6.42 Å². The van der Waals surface area contributed by atoms with E-state index < -0.39 is 43.0 Å². The van der Waals surface area contributed by atoms with E-state index in [0.717, 1.165) is 19.3 Å². The van der Waals surface area contributed by atoms with Crippen LogP contribution in [0.2, 0.25) is 0 Å². The molecule has 0 heterocycles. The Balaban J connectivity index is 0. The molecule has 0 aliphatic rings. The number of carbonyl (C=O) groups excluding carboxylic acids is 2. The molecule has 0 fully saturated rings. The van der Waals surface area contributed by atoms with E-state index in [1.165, 1.54) is 0 Å². The van der Waals surface area contributed by atoms with Gasteiger partial charge in [-0.25, -0.2) is 4.79 Å². The topological polar surface area (TPSA) is 145 Å². The predicted molar refractivity (Wildman–Crippen MR) is 71.0 cm³/mol. The number of aliphatic hydroxyl groups excluding tert-OH is 5. The molecule has 0 aliphatic heterocycles. The Morgan fingerprint density at radius 1 is 1.00 bits per heavy atom. The molecular formula is C13H24CuO8. The van der Waals surface area contributed by atoms with E-state index in [-0.39, 0.29) is 23.5 Å². The van der Waals surface area contributed by atoms with Gasteiger partial charge in [-0.1, -0.05) is 26.2 Å².